The minimum Gasteiger partial charge on any atom is -0.459 e. The Kier molecular flexibility index (Phi) is 10.1. The molecule has 0 radical (unpaired) electrons. The Balaban J connectivity index is 2.12. The summed E-state index contributed by atoms with van der Waals surface area (Å²) in [4.78, 5) is 38.5. The highest BCUT2D eigenvalue weighted by atomic mass is 16.6. The molecule has 2 atom stereocenters. The maximum absolute atomic E-state index is 13.2. The fraction of sp³-hybridized carbons (Fsp3) is 0.444. The third-order valence-corrected chi connectivity index (χ3v) is 4.82. The number of rotatable bonds is 10. The van der Waals surface area contributed by atoms with Gasteiger partial charge in [0.15, 0.2) is 0 Å². The van der Waals surface area contributed by atoms with Crippen LogP contribution in [0.5, 0.6) is 0 Å². The lowest BCUT2D eigenvalue weighted by Gasteiger charge is -2.25. The lowest BCUT2D eigenvalue weighted by Crippen LogP contribution is -2.53. The molecule has 0 fully saturated rings. The number of nitrogens with one attached hydrogen (secondary N) is 2. The SMILES string of the molecule is CC(C)C[C@@H](NC(=O)[C@@H](Cc1ccccc1)NC(=O)OC(C)(C)C)C(=O)OCc1ccccc1. The van der Waals surface area contributed by atoms with Crippen molar-refractivity contribution in [1.82, 2.24) is 10.6 Å². The monoisotopic (exact) mass is 468 g/mol. The number of benzene rings is 2. The first-order chi connectivity index (χ1) is 16.0. The van der Waals surface area contributed by atoms with Gasteiger partial charge in [0.05, 0.1) is 0 Å². The molecule has 0 bridgehead atoms. The van der Waals surface area contributed by atoms with Crippen molar-refractivity contribution in [3.8, 4) is 0 Å². The van der Waals surface area contributed by atoms with Crippen molar-refractivity contribution in [2.24, 2.45) is 5.92 Å². The molecule has 184 valence electrons. The van der Waals surface area contributed by atoms with E-state index in [0.29, 0.717) is 6.42 Å². The fourth-order valence-corrected chi connectivity index (χ4v) is 3.30. The molecule has 0 saturated carbocycles. The Bertz CT molecular complexity index is 923. The molecule has 0 saturated heterocycles. The van der Waals surface area contributed by atoms with Crippen LogP contribution in [0.1, 0.15) is 52.2 Å². The molecular formula is C27H36N2O5. The predicted molar refractivity (Wildman–Crippen MR) is 131 cm³/mol. The van der Waals surface area contributed by atoms with Crippen molar-refractivity contribution in [3.05, 3.63) is 71.8 Å². The van der Waals surface area contributed by atoms with E-state index in [9.17, 15) is 14.4 Å². The largest absolute Gasteiger partial charge is 0.459 e. The van der Waals surface area contributed by atoms with Gasteiger partial charge in [-0.2, -0.15) is 0 Å². The summed E-state index contributed by atoms with van der Waals surface area (Å²) in [7, 11) is 0. The summed E-state index contributed by atoms with van der Waals surface area (Å²) in [6.45, 7) is 9.29. The maximum atomic E-state index is 13.2. The standard InChI is InChI=1S/C27H36N2O5/c1-19(2)16-23(25(31)33-18-21-14-10-7-11-15-21)28-24(30)22(17-20-12-8-6-9-13-20)29-26(32)34-27(3,4)5/h6-15,19,22-23H,16-18H2,1-5H3,(H,28,30)(H,29,32)/t22-,23-/m1/s1. The molecule has 2 aromatic rings. The summed E-state index contributed by atoms with van der Waals surface area (Å²) in [5.41, 5.74) is 1.02. The van der Waals surface area contributed by atoms with Gasteiger partial charge in [0.1, 0.15) is 24.3 Å². The van der Waals surface area contributed by atoms with Crippen molar-refractivity contribution < 1.29 is 23.9 Å². The number of esters is 1. The van der Waals surface area contributed by atoms with Crippen LogP contribution in [0, 0.1) is 5.92 Å². The molecule has 0 aliphatic rings. The number of carbonyl (C=O) groups excluding carboxylic acids is 3. The van der Waals surface area contributed by atoms with Gasteiger partial charge >= 0.3 is 12.1 Å². The number of ether oxygens (including phenoxy) is 2. The van der Waals surface area contributed by atoms with Crippen molar-refractivity contribution in [3.63, 3.8) is 0 Å². The van der Waals surface area contributed by atoms with E-state index in [1.54, 1.807) is 20.8 Å². The minimum atomic E-state index is -0.922. The lowest BCUT2D eigenvalue weighted by molar-refractivity contribution is -0.149. The number of hydrogen-bond acceptors (Lipinski definition) is 5. The molecule has 0 heterocycles. The number of carbonyl (C=O) groups is 3. The van der Waals surface area contributed by atoms with Crippen molar-refractivity contribution in [1.29, 1.82) is 0 Å². The van der Waals surface area contributed by atoms with Crippen LogP contribution in [0.2, 0.25) is 0 Å². The van der Waals surface area contributed by atoms with Gasteiger partial charge in [-0.15, -0.1) is 0 Å². The van der Waals surface area contributed by atoms with Crippen LogP contribution >= 0.6 is 0 Å². The van der Waals surface area contributed by atoms with Crippen LogP contribution in [-0.2, 0) is 32.1 Å². The Labute approximate surface area is 202 Å². The van der Waals surface area contributed by atoms with Gasteiger partial charge in [0, 0.05) is 6.42 Å². The van der Waals surface area contributed by atoms with E-state index in [1.807, 2.05) is 74.5 Å². The first-order valence-electron chi connectivity index (χ1n) is 11.6. The summed E-state index contributed by atoms with van der Waals surface area (Å²) in [6.07, 6.45) is -0.0425. The highest BCUT2D eigenvalue weighted by Gasteiger charge is 2.29. The average Bonchev–Trinajstić information content (AvgIpc) is 2.76. The number of hydrogen-bond donors (Lipinski definition) is 2. The molecule has 7 nitrogen and oxygen atoms in total. The first-order valence-corrected chi connectivity index (χ1v) is 11.6. The van der Waals surface area contributed by atoms with E-state index in [-0.39, 0.29) is 18.9 Å². The van der Waals surface area contributed by atoms with Crippen molar-refractivity contribution in [2.45, 2.75) is 71.8 Å². The molecule has 0 unspecified atom stereocenters. The average molecular weight is 469 g/mol. The second kappa shape index (κ2) is 12.8. The zero-order valence-electron chi connectivity index (χ0n) is 20.7. The molecule has 0 aromatic heterocycles. The van der Waals surface area contributed by atoms with Gasteiger partial charge in [0.25, 0.3) is 0 Å². The highest BCUT2D eigenvalue weighted by Crippen LogP contribution is 2.12. The zero-order chi connectivity index (χ0) is 25.1. The van der Waals surface area contributed by atoms with Crippen LogP contribution in [0.15, 0.2) is 60.7 Å². The third-order valence-electron chi connectivity index (χ3n) is 4.82. The molecule has 2 rings (SSSR count). The molecule has 0 spiro atoms. The predicted octanol–water partition coefficient (Wildman–Crippen LogP) is 4.40. The summed E-state index contributed by atoms with van der Waals surface area (Å²) >= 11 is 0. The molecule has 2 aromatic carbocycles. The van der Waals surface area contributed by atoms with E-state index >= 15 is 0 Å². The molecule has 2 amide bonds. The Morgan fingerprint density at radius 3 is 1.91 bits per heavy atom. The van der Waals surface area contributed by atoms with Crippen LogP contribution < -0.4 is 10.6 Å². The topological polar surface area (TPSA) is 93.7 Å². The molecule has 0 aliphatic carbocycles. The Hall–Kier alpha value is -3.35. The van der Waals surface area contributed by atoms with Crippen molar-refractivity contribution in [2.75, 3.05) is 0 Å². The van der Waals surface area contributed by atoms with E-state index < -0.39 is 35.7 Å². The number of amides is 2. The number of alkyl carbamates (subject to hydrolysis) is 1. The molecule has 0 aliphatic heterocycles. The van der Waals surface area contributed by atoms with Crippen LogP contribution in [0.25, 0.3) is 0 Å². The van der Waals surface area contributed by atoms with Gasteiger partial charge in [0.2, 0.25) is 5.91 Å². The van der Waals surface area contributed by atoms with Gasteiger partial charge in [-0.3, -0.25) is 4.79 Å². The van der Waals surface area contributed by atoms with Crippen molar-refractivity contribution >= 4 is 18.0 Å². The van der Waals surface area contributed by atoms with E-state index in [0.717, 1.165) is 11.1 Å². The Morgan fingerprint density at radius 2 is 1.38 bits per heavy atom. The van der Waals surface area contributed by atoms with E-state index in [2.05, 4.69) is 10.6 Å². The van der Waals surface area contributed by atoms with Crippen LogP contribution in [-0.4, -0.2) is 35.7 Å². The van der Waals surface area contributed by atoms with E-state index in [1.165, 1.54) is 0 Å². The van der Waals surface area contributed by atoms with E-state index in [4.69, 9.17) is 9.47 Å². The molecule has 34 heavy (non-hydrogen) atoms. The van der Waals surface area contributed by atoms with Crippen LogP contribution in [0.3, 0.4) is 0 Å². The summed E-state index contributed by atoms with van der Waals surface area (Å²) in [5, 5.41) is 5.44. The van der Waals surface area contributed by atoms with Gasteiger partial charge < -0.3 is 20.1 Å². The third kappa shape index (κ3) is 10.1. The maximum Gasteiger partial charge on any atom is 0.408 e. The lowest BCUT2D eigenvalue weighted by atomic mass is 10.0. The van der Waals surface area contributed by atoms with Crippen LogP contribution in [0.4, 0.5) is 4.79 Å². The van der Waals surface area contributed by atoms with Gasteiger partial charge in [-0.1, -0.05) is 74.5 Å². The smallest absolute Gasteiger partial charge is 0.408 e. The second-order valence-corrected chi connectivity index (χ2v) is 9.67. The minimum absolute atomic E-state index is 0.119. The fourth-order valence-electron chi connectivity index (χ4n) is 3.30. The second-order valence-electron chi connectivity index (χ2n) is 9.67. The molecular weight excluding hydrogens is 432 g/mol. The Morgan fingerprint density at radius 1 is 0.824 bits per heavy atom. The van der Waals surface area contributed by atoms with Gasteiger partial charge in [-0.05, 0) is 44.2 Å². The summed E-state index contributed by atoms with van der Waals surface area (Å²) < 4.78 is 10.8. The molecule has 7 heteroatoms. The van der Waals surface area contributed by atoms with Gasteiger partial charge in [-0.25, -0.2) is 9.59 Å². The normalized spacial score (nSPS) is 13.0. The first kappa shape index (κ1) is 26.9. The summed E-state index contributed by atoms with van der Waals surface area (Å²) in [5.74, 6) is -0.848. The summed E-state index contributed by atoms with van der Waals surface area (Å²) in [6, 6.07) is 16.9. The highest BCUT2D eigenvalue weighted by molar-refractivity contribution is 5.90. The molecule has 2 N–H and O–H groups in total. The quantitative estimate of drug-likeness (QED) is 0.504. The zero-order valence-corrected chi connectivity index (χ0v) is 20.7.